The van der Waals surface area contributed by atoms with Gasteiger partial charge in [-0.15, -0.1) is 0 Å². The molecule has 1 rings (SSSR count). The number of rotatable bonds is 8. The first kappa shape index (κ1) is 16.8. The molecule has 0 aliphatic rings. The lowest BCUT2D eigenvalue weighted by Crippen LogP contribution is -2.31. The summed E-state index contributed by atoms with van der Waals surface area (Å²) < 4.78 is 5.20. The lowest BCUT2D eigenvalue weighted by molar-refractivity contribution is -0.117. The maximum Gasteiger partial charge on any atom is 0.238 e. The maximum atomic E-state index is 12.0. The number of likely N-dealkylation sites (N-methyl/N-ethyl adjacent to an activating group) is 1. The summed E-state index contributed by atoms with van der Waals surface area (Å²) in [6.45, 7) is 3.45. The van der Waals surface area contributed by atoms with Crippen LogP contribution in [0, 0.1) is 0 Å². The minimum Gasteiger partial charge on any atom is -0.495 e. The van der Waals surface area contributed by atoms with Crippen molar-refractivity contribution in [3.63, 3.8) is 0 Å². The Morgan fingerprint density at radius 2 is 2.15 bits per heavy atom. The number of unbranched alkanes of at least 4 members (excludes halogenated alkanes) is 2. The Labute approximate surface area is 126 Å². The van der Waals surface area contributed by atoms with E-state index in [1.54, 1.807) is 25.3 Å². The second-order valence-corrected chi connectivity index (χ2v) is 5.27. The van der Waals surface area contributed by atoms with Crippen LogP contribution in [-0.2, 0) is 4.79 Å². The quantitative estimate of drug-likeness (QED) is 0.748. The summed E-state index contributed by atoms with van der Waals surface area (Å²) in [6.07, 6.45) is 3.48. The Hall–Kier alpha value is -1.26. The van der Waals surface area contributed by atoms with Crippen LogP contribution in [0.4, 0.5) is 5.69 Å². The van der Waals surface area contributed by atoms with Gasteiger partial charge in [0, 0.05) is 5.02 Å². The van der Waals surface area contributed by atoms with Crippen LogP contribution in [0.3, 0.4) is 0 Å². The molecule has 0 radical (unpaired) electrons. The van der Waals surface area contributed by atoms with E-state index >= 15 is 0 Å². The number of halogens is 1. The van der Waals surface area contributed by atoms with Gasteiger partial charge in [-0.25, -0.2) is 0 Å². The molecule has 1 aromatic carbocycles. The Bertz CT molecular complexity index is 438. The molecule has 0 saturated carbocycles. The van der Waals surface area contributed by atoms with E-state index in [0.717, 1.165) is 13.0 Å². The van der Waals surface area contributed by atoms with E-state index in [1.165, 1.54) is 12.8 Å². The number of nitrogens with zero attached hydrogens (tertiary/aromatic N) is 1. The molecule has 4 nitrogen and oxygen atoms in total. The van der Waals surface area contributed by atoms with Crippen LogP contribution in [0.2, 0.25) is 5.02 Å². The van der Waals surface area contributed by atoms with Gasteiger partial charge in [0.05, 0.1) is 19.3 Å². The van der Waals surface area contributed by atoms with Crippen molar-refractivity contribution < 1.29 is 9.53 Å². The number of nitrogens with one attached hydrogen (secondary N) is 1. The SMILES string of the molecule is CCCCCN(C)CC(=O)Nc1cc(Cl)ccc1OC. The van der Waals surface area contributed by atoms with Crippen molar-refractivity contribution in [3.8, 4) is 5.75 Å². The number of ether oxygens (including phenoxy) is 1. The largest absolute Gasteiger partial charge is 0.495 e. The first-order chi connectivity index (χ1) is 9.56. The zero-order chi connectivity index (χ0) is 15.0. The second-order valence-electron chi connectivity index (χ2n) is 4.84. The summed E-state index contributed by atoms with van der Waals surface area (Å²) in [5.74, 6) is 0.543. The normalized spacial score (nSPS) is 10.7. The molecule has 5 heteroatoms. The number of amides is 1. The molecule has 0 aromatic heterocycles. The highest BCUT2D eigenvalue weighted by Crippen LogP contribution is 2.27. The molecule has 0 saturated heterocycles. The van der Waals surface area contributed by atoms with Crippen LogP contribution in [0.1, 0.15) is 26.2 Å². The molecule has 0 unspecified atom stereocenters. The highest BCUT2D eigenvalue weighted by molar-refractivity contribution is 6.31. The Morgan fingerprint density at radius 3 is 2.80 bits per heavy atom. The van der Waals surface area contributed by atoms with Gasteiger partial charge < -0.3 is 10.1 Å². The molecular weight excluding hydrogens is 276 g/mol. The molecule has 0 spiro atoms. The molecular formula is C15H23ClN2O2. The molecule has 0 aliphatic carbocycles. The predicted octanol–water partition coefficient (Wildman–Crippen LogP) is 3.41. The monoisotopic (exact) mass is 298 g/mol. The zero-order valence-electron chi connectivity index (χ0n) is 12.4. The lowest BCUT2D eigenvalue weighted by atomic mass is 10.2. The number of carbonyl (C=O) groups excluding carboxylic acids is 1. The van der Waals surface area contributed by atoms with Crippen molar-refractivity contribution in [2.45, 2.75) is 26.2 Å². The average molecular weight is 299 g/mol. The van der Waals surface area contributed by atoms with Gasteiger partial charge in [-0.3, -0.25) is 9.69 Å². The molecule has 0 heterocycles. The van der Waals surface area contributed by atoms with Gasteiger partial charge in [-0.1, -0.05) is 31.4 Å². The summed E-state index contributed by atoms with van der Waals surface area (Å²) in [7, 11) is 3.51. The molecule has 1 aromatic rings. The van der Waals surface area contributed by atoms with Crippen molar-refractivity contribution in [1.29, 1.82) is 0 Å². The van der Waals surface area contributed by atoms with E-state index in [0.29, 0.717) is 23.0 Å². The Kier molecular flexibility index (Phi) is 7.41. The van der Waals surface area contributed by atoms with Gasteiger partial charge in [0.2, 0.25) is 5.91 Å². The van der Waals surface area contributed by atoms with Crippen LogP contribution < -0.4 is 10.1 Å². The third kappa shape index (κ3) is 5.80. The van der Waals surface area contributed by atoms with E-state index < -0.39 is 0 Å². The van der Waals surface area contributed by atoms with Gasteiger partial charge in [0.25, 0.3) is 0 Å². The maximum absolute atomic E-state index is 12.0. The van der Waals surface area contributed by atoms with Gasteiger partial charge in [-0.05, 0) is 38.2 Å². The van der Waals surface area contributed by atoms with Crippen LogP contribution in [0.25, 0.3) is 0 Å². The van der Waals surface area contributed by atoms with E-state index in [-0.39, 0.29) is 5.91 Å². The standard InChI is InChI=1S/C15H23ClN2O2/c1-4-5-6-9-18(2)11-15(19)17-13-10-12(16)7-8-14(13)20-3/h7-8,10H,4-6,9,11H2,1-3H3,(H,17,19). The van der Waals surface area contributed by atoms with Gasteiger partial charge in [0.15, 0.2) is 0 Å². The highest BCUT2D eigenvalue weighted by Gasteiger charge is 2.10. The third-order valence-corrected chi connectivity index (χ3v) is 3.23. The first-order valence-corrected chi connectivity index (χ1v) is 7.26. The van der Waals surface area contributed by atoms with E-state index in [4.69, 9.17) is 16.3 Å². The third-order valence-electron chi connectivity index (χ3n) is 2.99. The van der Waals surface area contributed by atoms with Crippen LogP contribution in [-0.4, -0.2) is 38.1 Å². The molecule has 20 heavy (non-hydrogen) atoms. The molecule has 0 aliphatic heterocycles. The number of hydrogen-bond donors (Lipinski definition) is 1. The fraction of sp³-hybridized carbons (Fsp3) is 0.533. The van der Waals surface area contributed by atoms with Crippen molar-refractivity contribution in [1.82, 2.24) is 4.90 Å². The lowest BCUT2D eigenvalue weighted by Gasteiger charge is -2.17. The number of hydrogen-bond acceptors (Lipinski definition) is 3. The topological polar surface area (TPSA) is 41.6 Å². The zero-order valence-corrected chi connectivity index (χ0v) is 13.2. The number of anilines is 1. The van der Waals surface area contributed by atoms with Gasteiger partial charge in [0.1, 0.15) is 5.75 Å². The minimum atomic E-state index is -0.0652. The van der Waals surface area contributed by atoms with Crippen LogP contribution >= 0.6 is 11.6 Å². The molecule has 0 atom stereocenters. The fourth-order valence-electron chi connectivity index (χ4n) is 1.92. The van der Waals surface area contributed by atoms with Crippen molar-refractivity contribution in [2.24, 2.45) is 0 Å². The number of benzene rings is 1. The summed E-state index contributed by atoms with van der Waals surface area (Å²) in [6, 6.07) is 5.16. The minimum absolute atomic E-state index is 0.0652. The number of methoxy groups -OCH3 is 1. The summed E-state index contributed by atoms with van der Waals surface area (Å²) in [4.78, 5) is 14.0. The van der Waals surface area contributed by atoms with Crippen molar-refractivity contribution in [3.05, 3.63) is 23.2 Å². The average Bonchev–Trinajstić information content (AvgIpc) is 2.39. The van der Waals surface area contributed by atoms with E-state index in [2.05, 4.69) is 12.2 Å². The summed E-state index contributed by atoms with van der Waals surface area (Å²) >= 11 is 5.93. The molecule has 1 amide bonds. The Balaban J connectivity index is 2.51. The summed E-state index contributed by atoms with van der Waals surface area (Å²) in [5.41, 5.74) is 0.604. The summed E-state index contributed by atoms with van der Waals surface area (Å²) in [5, 5.41) is 3.40. The van der Waals surface area contributed by atoms with Crippen molar-refractivity contribution in [2.75, 3.05) is 32.6 Å². The first-order valence-electron chi connectivity index (χ1n) is 6.88. The Morgan fingerprint density at radius 1 is 1.40 bits per heavy atom. The molecule has 0 fully saturated rings. The van der Waals surface area contributed by atoms with Gasteiger partial charge in [-0.2, -0.15) is 0 Å². The van der Waals surface area contributed by atoms with Crippen molar-refractivity contribution >= 4 is 23.2 Å². The smallest absolute Gasteiger partial charge is 0.238 e. The number of carbonyl (C=O) groups is 1. The van der Waals surface area contributed by atoms with Gasteiger partial charge >= 0.3 is 0 Å². The van der Waals surface area contributed by atoms with E-state index in [1.807, 2.05) is 11.9 Å². The molecule has 1 N–H and O–H groups in total. The molecule has 0 bridgehead atoms. The van der Waals surface area contributed by atoms with Crippen LogP contribution in [0.15, 0.2) is 18.2 Å². The highest BCUT2D eigenvalue weighted by atomic mass is 35.5. The van der Waals surface area contributed by atoms with Crippen LogP contribution in [0.5, 0.6) is 5.75 Å². The predicted molar refractivity (Wildman–Crippen MR) is 83.7 cm³/mol. The fourth-order valence-corrected chi connectivity index (χ4v) is 2.10. The molecule has 112 valence electrons. The second kappa shape index (κ2) is 8.82. The van der Waals surface area contributed by atoms with E-state index in [9.17, 15) is 4.79 Å².